The number of fused-ring (bicyclic) bond motifs is 1. The van der Waals surface area contributed by atoms with Gasteiger partial charge in [-0.3, -0.25) is 9.69 Å². The molecule has 0 aliphatic rings. The van der Waals surface area contributed by atoms with E-state index in [9.17, 15) is 4.79 Å². The number of hydrogen-bond acceptors (Lipinski definition) is 6. The van der Waals surface area contributed by atoms with Gasteiger partial charge in [0.05, 0.1) is 10.2 Å². The van der Waals surface area contributed by atoms with Gasteiger partial charge in [0.2, 0.25) is 0 Å². The second-order valence-electron chi connectivity index (χ2n) is 6.32. The van der Waals surface area contributed by atoms with Gasteiger partial charge in [0, 0.05) is 28.4 Å². The van der Waals surface area contributed by atoms with Crippen LogP contribution < -0.4 is 4.90 Å². The molecule has 7 heteroatoms. The number of hydrogen-bond donors (Lipinski definition) is 0. The van der Waals surface area contributed by atoms with Crippen LogP contribution in [0.4, 0.5) is 5.13 Å². The molecule has 0 spiro atoms. The summed E-state index contributed by atoms with van der Waals surface area (Å²) < 4.78 is 1.11. The lowest BCUT2D eigenvalue weighted by Gasteiger charge is -2.22. The second kappa shape index (κ2) is 9.10. The number of anilines is 1. The van der Waals surface area contributed by atoms with Crippen LogP contribution in [-0.4, -0.2) is 55.5 Å². The van der Waals surface area contributed by atoms with Crippen molar-refractivity contribution in [3.8, 4) is 0 Å². The zero-order valence-electron chi connectivity index (χ0n) is 15.9. The van der Waals surface area contributed by atoms with Crippen LogP contribution in [0.5, 0.6) is 0 Å². The second-order valence-corrected chi connectivity index (χ2v) is 9.09. The highest BCUT2D eigenvalue weighted by Crippen LogP contribution is 2.32. The summed E-state index contributed by atoms with van der Waals surface area (Å²) in [5.41, 5.74) is 1.63. The molecule has 1 heterocycles. The molecule has 0 aliphatic heterocycles. The Hall–Kier alpha value is -1.54. The molecule has 0 radical (unpaired) electrons. The maximum absolute atomic E-state index is 13.2. The van der Waals surface area contributed by atoms with Gasteiger partial charge in [-0.2, -0.15) is 0 Å². The molecule has 27 heavy (non-hydrogen) atoms. The van der Waals surface area contributed by atoms with Crippen LogP contribution >= 0.6 is 34.9 Å². The number of aromatic nitrogens is 1. The Morgan fingerprint density at radius 2 is 1.67 bits per heavy atom. The summed E-state index contributed by atoms with van der Waals surface area (Å²) in [5, 5.41) is 0.754. The molecule has 4 nitrogen and oxygen atoms in total. The number of likely N-dealkylation sites (N-methyl/N-ethyl adjacent to an activating group) is 1. The fourth-order valence-corrected chi connectivity index (χ4v) is 4.56. The predicted molar refractivity (Wildman–Crippen MR) is 120 cm³/mol. The highest BCUT2D eigenvalue weighted by molar-refractivity contribution is 7.98. The number of thiazole rings is 1. The van der Waals surface area contributed by atoms with Crippen molar-refractivity contribution in [2.75, 3.05) is 44.6 Å². The van der Waals surface area contributed by atoms with Gasteiger partial charge in [-0.05, 0) is 69.1 Å². The lowest BCUT2D eigenvalue weighted by molar-refractivity contribution is 0.0985. The number of carbonyl (C=O) groups is 1. The third-order valence-corrected chi connectivity index (χ3v) is 6.68. The van der Waals surface area contributed by atoms with Crippen molar-refractivity contribution in [3.05, 3.63) is 48.0 Å². The van der Waals surface area contributed by atoms with Crippen molar-refractivity contribution >= 4 is 56.1 Å². The summed E-state index contributed by atoms with van der Waals surface area (Å²) in [4.78, 5) is 24.2. The van der Waals surface area contributed by atoms with E-state index in [2.05, 4.69) is 23.3 Å². The summed E-state index contributed by atoms with van der Waals surface area (Å²) in [6, 6.07) is 14.0. The van der Waals surface area contributed by atoms with Crippen molar-refractivity contribution in [2.24, 2.45) is 0 Å². The predicted octanol–water partition coefficient (Wildman–Crippen LogP) is 4.95. The molecular formula is C20H23N3OS3. The summed E-state index contributed by atoms with van der Waals surface area (Å²) in [6.45, 7) is 1.38. The minimum atomic E-state index is -0.00588. The van der Waals surface area contributed by atoms with E-state index in [1.165, 1.54) is 4.90 Å². The summed E-state index contributed by atoms with van der Waals surface area (Å²) in [5.74, 6) is -0.00588. The molecule has 3 aromatic rings. The highest BCUT2D eigenvalue weighted by Gasteiger charge is 2.21. The maximum atomic E-state index is 13.2. The molecule has 1 amide bonds. The van der Waals surface area contributed by atoms with E-state index in [0.29, 0.717) is 12.1 Å². The Balaban J connectivity index is 1.95. The van der Waals surface area contributed by atoms with Gasteiger partial charge in [0.15, 0.2) is 5.13 Å². The molecule has 0 saturated carbocycles. The summed E-state index contributed by atoms with van der Waals surface area (Å²) in [7, 11) is 4.03. The number of rotatable bonds is 7. The van der Waals surface area contributed by atoms with Crippen molar-refractivity contribution in [2.45, 2.75) is 9.79 Å². The van der Waals surface area contributed by atoms with E-state index in [4.69, 9.17) is 4.98 Å². The van der Waals surface area contributed by atoms with Crippen LogP contribution in [0.3, 0.4) is 0 Å². The van der Waals surface area contributed by atoms with Crippen molar-refractivity contribution in [1.29, 1.82) is 0 Å². The number of carbonyl (C=O) groups excluding carboxylic acids is 1. The SMILES string of the molecule is CSc1ccc(C(=O)N(CCN(C)C)c2nc3ccc(SC)cc3s2)cc1. The van der Waals surface area contributed by atoms with E-state index in [1.807, 2.05) is 50.7 Å². The Kier molecular flexibility index (Phi) is 6.81. The van der Waals surface area contributed by atoms with Gasteiger partial charge in [-0.1, -0.05) is 11.3 Å². The topological polar surface area (TPSA) is 36.4 Å². The zero-order chi connectivity index (χ0) is 19.4. The molecule has 3 rings (SSSR count). The molecule has 142 valence electrons. The van der Waals surface area contributed by atoms with E-state index in [0.717, 1.165) is 26.8 Å². The minimum Gasteiger partial charge on any atom is -0.308 e. The Morgan fingerprint density at radius 1 is 1.00 bits per heavy atom. The first-order chi connectivity index (χ1) is 13.0. The largest absolute Gasteiger partial charge is 0.308 e. The van der Waals surface area contributed by atoms with Crippen LogP contribution in [0.25, 0.3) is 10.2 Å². The van der Waals surface area contributed by atoms with Crippen LogP contribution in [0.2, 0.25) is 0 Å². The van der Waals surface area contributed by atoms with Gasteiger partial charge in [0.1, 0.15) is 0 Å². The lowest BCUT2D eigenvalue weighted by atomic mass is 10.2. The fraction of sp³-hybridized carbons (Fsp3) is 0.300. The molecule has 2 aromatic carbocycles. The third kappa shape index (κ3) is 4.85. The normalized spacial score (nSPS) is 11.3. The molecule has 0 unspecified atom stereocenters. The van der Waals surface area contributed by atoms with E-state index in [1.54, 1.807) is 39.8 Å². The number of benzene rings is 2. The van der Waals surface area contributed by atoms with E-state index >= 15 is 0 Å². The maximum Gasteiger partial charge on any atom is 0.260 e. The molecule has 0 fully saturated rings. The monoisotopic (exact) mass is 417 g/mol. The molecule has 0 saturated heterocycles. The van der Waals surface area contributed by atoms with Gasteiger partial charge < -0.3 is 4.90 Å². The standard InChI is InChI=1S/C20H23N3OS3/c1-22(2)11-12-23(19(24)14-5-7-15(25-3)8-6-14)20-21-17-10-9-16(26-4)13-18(17)27-20/h5-10,13H,11-12H2,1-4H3. The van der Waals surface area contributed by atoms with Crippen LogP contribution in [0.1, 0.15) is 10.4 Å². The van der Waals surface area contributed by atoms with Gasteiger partial charge in [-0.25, -0.2) is 4.98 Å². The van der Waals surface area contributed by atoms with E-state index < -0.39 is 0 Å². The highest BCUT2D eigenvalue weighted by atomic mass is 32.2. The smallest absolute Gasteiger partial charge is 0.260 e. The first-order valence-corrected chi connectivity index (χ1v) is 11.8. The first-order valence-electron chi connectivity index (χ1n) is 8.57. The number of thioether (sulfide) groups is 2. The number of amides is 1. The van der Waals surface area contributed by atoms with Crippen molar-refractivity contribution in [3.63, 3.8) is 0 Å². The van der Waals surface area contributed by atoms with Gasteiger partial charge in [0.25, 0.3) is 5.91 Å². The molecule has 0 aliphatic carbocycles. The van der Waals surface area contributed by atoms with Crippen LogP contribution in [0, 0.1) is 0 Å². The number of nitrogens with zero attached hydrogens (tertiary/aromatic N) is 3. The Labute approximate surface area is 173 Å². The Bertz CT molecular complexity index is 922. The van der Waals surface area contributed by atoms with Gasteiger partial charge >= 0.3 is 0 Å². The zero-order valence-corrected chi connectivity index (χ0v) is 18.4. The summed E-state index contributed by atoms with van der Waals surface area (Å²) in [6.07, 6.45) is 4.10. The molecular weight excluding hydrogens is 394 g/mol. The minimum absolute atomic E-state index is 0.00588. The summed E-state index contributed by atoms with van der Waals surface area (Å²) >= 11 is 4.96. The van der Waals surface area contributed by atoms with Gasteiger partial charge in [-0.15, -0.1) is 23.5 Å². The quantitative estimate of drug-likeness (QED) is 0.509. The first kappa shape index (κ1) is 20.2. The van der Waals surface area contributed by atoms with Crippen molar-refractivity contribution in [1.82, 2.24) is 9.88 Å². The molecule has 0 N–H and O–H groups in total. The van der Waals surface area contributed by atoms with Crippen molar-refractivity contribution < 1.29 is 4.79 Å². The fourth-order valence-electron chi connectivity index (χ4n) is 2.61. The van der Waals surface area contributed by atoms with Crippen LogP contribution in [-0.2, 0) is 0 Å². The van der Waals surface area contributed by atoms with Crippen LogP contribution in [0.15, 0.2) is 52.3 Å². The molecule has 0 atom stereocenters. The molecule has 1 aromatic heterocycles. The average Bonchev–Trinajstić information content (AvgIpc) is 3.10. The molecule has 0 bridgehead atoms. The average molecular weight is 418 g/mol. The van der Waals surface area contributed by atoms with E-state index in [-0.39, 0.29) is 5.91 Å². The lowest BCUT2D eigenvalue weighted by Crippen LogP contribution is -2.36. The Morgan fingerprint density at radius 3 is 2.30 bits per heavy atom. The third-order valence-electron chi connectivity index (χ3n) is 4.17.